The van der Waals surface area contributed by atoms with Crippen molar-refractivity contribution in [2.45, 2.75) is 41.5 Å². The molecule has 1 aliphatic heterocycles. The van der Waals surface area contributed by atoms with Crippen molar-refractivity contribution in [2.75, 3.05) is 6.61 Å². The van der Waals surface area contributed by atoms with Gasteiger partial charge in [-0.05, 0) is 94.6 Å². The number of aliphatic hydroxyl groups excluding tert-OH is 1. The van der Waals surface area contributed by atoms with E-state index in [1.807, 2.05) is 37.3 Å². The van der Waals surface area contributed by atoms with Crippen molar-refractivity contribution < 1.29 is 14.6 Å². The minimum Gasteiger partial charge on any atom is -0.506 e. The zero-order valence-electron chi connectivity index (χ0n) is 21.0. The Morgan fingerprint density at radius 2 is 1.74 bits per heavy atom. The maximum absolute atomic E-state index is 12.7. The van der Waals surface area contributed by atoms with Crippen molar-refractivity contribution in [3.63, 3.8) is 0 Å². The lowest BCUT2D eigenvalue weighted by atomic mass is 10.1. The van der Waals surface area contributed by atoms with Crippen LogP contribution in [0.5, 0.6) is 0 Å². The predicted octanol–water partition coefficient (Wildman–Crippen LogP) is 7.21. The van der Waals surface area contributed by atoms with Gasteiger partial charge in [0.1, 0.15) is 16.4 Å². The summed E-state index contributed by atoms with van der Waals surface area (Å²) in [6.07, 6.45) is 1.91. The van der Waals surface area contributed by atoms with Crippen LogP contribution < -0.4 is 0 Å². The Balaban J connectivity index is 1.77. The Morgan fingerprint density at radius 1 is 1.03 bits per heavy atom. The molecule has 0 saturated heterocycles. The third-order valence-corrected chi connectivity index (χ3v) is 7.16. The number of aliphatic imine (C=N–C) groups is 1. The van der Waals surface area contributed by atoms with Crippen LogP contribution in [0.15, 0.2) is 69.8 Å². The van der Waals surface area contributed by atoms with E-state index in [9.17, 15) is 9.90 Å². The maximum atomic E-state index is 12.7. The second kappa shape index (κ2) is 10.0. The lowest BCUT2D eigenvalue weighted by Crippen LogP contribution is -2.12. The fraction of sp³-hybridized carbons (Fsp3) is 0.241. The predicted molar refractivity (Wildman–Crippen MR) is 145 cm³/mol. The molecule has 1 aliphatic rings. The molecule has 0 unspecified atom stereocenters. The Morgan fingerprint density at radius 3 is 2.40 bits per heavy atom. The van der Waals surface area contributed by atoms with Crippen molar-refractivity contribution in [3.8, 4) is 5.69 Å². The van der Waals surface area contributed by atoms with E-state index in [1.165, 1.54) is 22.9 Å². The zero-order chi connectivity index (χ0) is 25.3. The molecule has 6 heteroatoms. The molecule has 35 heavy (non-hydrogen) atoms. The Hall–Kier alpha value is -3.51. The summed E-state index contributed by atoms with van der Waals surface area (Å²) in [5, 5.41) is 11.5. The number of ether oxygens (including phenoxy) is 1. The van der Waals surface area contributed by atoms with E-state index in [0.717, 1.165) is 28.2 Å². The van der Waals surface area contributed by atoms with E-state index in [2.05, 4.69) is 61.5 Å². The zero-order valence-corrected chi connectivity index (χ0v) is 21.8. The summed E-state index contributed by atoms with van der Waals surface area (Å²) in [4.78, 5) is 17.9. The molecule has 0 aliphatic carbocycles. The number of nitrogens with zero attached hydrogens (tertiary/aromatic N) is 2. The van der Waals surface area contributed by atoms with Crippen LogP contribution >= 0.6 is 11.8 Å². The molecule has 0 radical (unpaired) electrons. The van der Waals surface area contributed by atoms with Crippen LogP contribution in [0.1, 0.15) is 40.6 Å². The fourth-order valence-corrected chi connectivity index (χ4v) is 5.09. The highest BCUT2D eigenvalue weighted by atomic mass is 32.2. The van der Waals surface area contributed by atoms with Crippen molar-refractivity contribution in [3.05, 3.63) is 98.4 Å². The third-order valence-electron chi connectivity index (χ3n) is 6.14. The van der Waals surface area contributed by atoms with Gasteiger partial charge in [-0.15, -0.1) is 0 Å². The summed E-state index contributed by atoms with van der Waals surface area (Å²) in [6, 6.07) is 16.2. The molecule has 0 spiro atoms. The van der Waals surface area contributed by atoms with Crippen LogP contribution in [0.3, 0.4) is 0 Å². The van der Waals surface area contributed by atoms with E-state index in [1.54, 1.807) is 6.92 Å². The summed E-state index contributed by atoms with van der Waals surface area (Å²) in [7, 11) is 0. The van der Waals surface area contributed by atoms with E-state index in [0.29, 0.717) is 15.6 Å². The van der Waals surface area contributed by atoms with Crippen LogP contribution in [-0.2, 0) is 9.53 Å². The van der Waals surface area contributed by atoms with Gasteiger partial charge in [0.05, 0.1) is 17.2 Å². The number of hydrogen-bond acceptors (Lipinski definition) is 5. The molecule has 0 atom stereocenters. The van der Waals surface area contributed by atoms with E-state index >= 15 is 0 Å². The summed E-state index contributed by atoms with van der Waals surface area (Å²) >= 11 is 1.28. The number of thioether (sulfide) groups is 1. The minimum absolute atomic E-state index is 0.102. The summed E-state index contributed by atoms with van der Waals surface area (Å²) < 4.78 is 7.43. The van der Waals surface area contributed by atoms with Crippen LogP contribution in [0.2, 0.25) is 0 Å². The number of hydrogen-bond donors (Lipinski definition) is 1. The van der Waals surface area contributed by atoms with Gasteiger partial charge >= 0.3 is 5.97 Å². The monoisotopic (exact) mass is 486 g/mol. The number of aryl methyl sites for hydroxylation is 4. The smallest absolute Gasteiger partial charge is 0.344 e. The standard InChI is InChI=1S/C29H30N2O3S/c1-7-34-29(33)26-27(32)25(35-28(26)30-23-11-8-17(2)9-12-23)16-22-15-20(5)31(21(22)6)24-13-10-18(3)19(4)14-24/h8-16,32H,7H2,1-6H3/b25-16+,30-28?. The summed E-state index contributed by atoms with van der Waals surface area (Å²) in [6.45, 7) is 12.3. The molecule has 1 aromatic heterocycles. The van der Waals surface area contributed by atoms with E-state index in [4.69, 9.17) is 4.74 Å². The lowest BCUT2D eigenvalue weighted by Gasteiger charge is -2.12. The Labute approximate surface area is 210 Å². The second-order valence-electron chi connectivity index (χ2n) is 8.74. The molecule has 3 aromatic rings. The molecule has 1 N–H and O–H groups in total. The van der Waals surface area contributed by atoms with Crippen molar-refractivity contribution in [1.82, 2.24) is 4.57 Å². The number of carbonyl (C=O) groups excluding carboxylic acids is 1. The molecule has 0 fully saturated rings. The van der Waals surface area contributed by atoms with Crippen LogP contribution in [-0.4, -0.2) is 27.3 Å². The molecular formula is C29H30N2O3S. The average Bonchev–Trinajstić information content (AvgIpc) is 3.27. The van der Waals surface area contributed by atoms with Crippen LogP contribution in [0, 0.1) is 34.6 Å². The topological polar surface area (TPSA) is 63.8 Å². The summed E-state index contributed by atoms with van der Waals surface area (Å²) in [5.74, 6) is -0.678. The number of aromatic nitrogens is 1. The van der Waals surface area contributed by atoms with Gasteiger partial charge in [0, 0.05) is 17.1 Å². The molecule has 5 nitrogen and oxygen atoms in total. The quantitative estimate of drug-likeness (QED) is 0.387. The normalized spacial score (nSPS) is 15.9. The van der Waals surface area contributed by atoms with Gasteiger partial charge in [-0.1, -0.05) is 35.5 Å². The molecule has 2 aromatic carbocycles. The van der Waals surface area contributed by atoms with Gasteiger partial charge in [-0.2, -0.15) is 0 Å². The van der Waals surface area contributed by atoms with Gasteiger partial charge in [0.25, 0.3) is 0 Å². The van der Waals surface area contributed by atoms with Crippen LogP contribution in [0.4, 0.5) is 5.69 Å². The van der Waals surface area contributed by atoms with Crippen molar-refractivity contribution >= 4 is 34.5 Å². The number of carbonyl (C=O) groups is 1. The number of esters is 1. The van der Waals surface area contributed by atoms with E-state index in [-0.39, 0.29) is 17.9 Å². The largest absolute Gasteiger partial charge is 0.506 e. The summed E-state index contributed by atoms with van der Waals surface area (Å²) in [5.41, 5.74) is 8.62. The highest BCUT2D eigenvalue weighted by Crippen LogP contribution is 2.41. The first-order chi connectivity index (χ1) is 16.7. The molecular weight excluding hydrogens is 456 g/mol. The number of rotatable bonds is 5. The highest BCUT2D eigenvalue weighted by molar-refractivity contribution is 8.18. The molecule has 4 rings (SSSR count). The molecule has 180 valence electrons. The van der Waals surface area contributed by atoms with Gasteiger partial charge in [-0.25, -0.2) is 9.79 Å². The first kappa shape index (κ1) is 24.6. The fourth-order valence-electron chi connectivity index (χ4n) is 4.07. The van der Waals surface area contributed by atoms with Crippen LogP contribution in [0.25, 0.3) is 11.8 Å². The average molecular weight is 487 g/mol. The third kappa shape index (κ3) is 4.98. The molecule has 0 saturated carbocycles. The SMILES string of the molecule is CCOC(=O)C1=C(O)/C(=C\c2cc(C)n(-c3ccc(C)c(C)c3)c2C)SC1=Nc1ccc(C)cc1. The van der Waals surface area contributed by atoms with Gasteiger partial charge < -0.3 is 14.4 Å². The Bertz CT molecular complexity index is 1390. The van der Waals surface area contributed by atoms with E-state index < -0.39 is 5.97 Å². The number of aliphatic hydroxyl groups is 1. The first-order valence-corrected chi connectivity index (χ1v) is 12.4. The molecule has 0 amide bonds. The minimum atomic E-state index is -0.577. The first-order valence-electron chi connectivity index (χ1n) is 11.6. The lowest BCUT2D eigenvalue weighted by molar-refractivity contribution is -0.138. The highest BCUT2D eigenvalue weighted by Gasteiger charge is 2.33. The molecule has 0 bridgehead atoms. The maximum Gasteiger partial charge on any atom is 0.344 e. The Kier molecular flexibility index (Phi) is 7.03. The van der Waals surface area contributed by atoms with Crippen molar-refractivity contribution in [2.24, 2.45) is 4.99 Å². The van der Waals surface area contributed by atoms with Crippen molar-refractivity contribution in [1.29, 1.82) is 0 Å². The van der Waals surface area contributed by atoms with Gasteiger partial charge in [-0.3, -0.25) is 0 Å². The number of benzene rings is 2. The second-order valence-corrected chi connectivity index (χ2v) is 9.77. The van der Waals surface area contributed by atoms with Gasteiger partial charge in [0.2, 0.25) is 0 Å². The molecule has 2 heterocycles. The van der Waals surface area contributed by atoms with Gasteiger partial charge in [0.15, 0.2) is 0 Å².